The lowest BCUT2D eigenvalue weighted by molar-refractivity contribution is -0.121. The number of thiazole rings is 1. The van der Waals surface area contributed by atoms with E-state index >= 15 is 0 Å². The minimum absolute atomic E-state index is 0.178. The Hall–Kier alpha value is -3.62. The number of anilines is 2. The summed E-state index contributed by atoms with van der Waals surface area (Å²) in [6.45, 7) is 2.18. The van der Waals surface area contributed by atoms with Crippen LogP contribution in [0.3, 0.4) is 0 Å². The van der Waals surface area contributed by atoms with Gasteiger partial charge in [-0.05, 0) is 54.4 Å². The summed E-state index contributed by atoms with van der Waals surface area (Å²) in [6.07, 6.45) is 3.73. The summed E-state index contributed by atoms with van der Waals surface area (Å²) in [6, 6.07) is 14.0. The maximum absolute atomic E-state index is 13.8. The fraction of sp³-hybridized carbons (Fsp3) is 0.160. The zero-order chi connectivity index (χ0) is 23.8. The Bertz CT molecular complexity index is 1420. The van der Waals surface area contributed by atoms with Gasteiger partial charge in [-0.25, -0.2) is 4.98 Å². The number of hydrogen-bond donors (Lipinski definition) is 0. The van der Waals surface area contributed by atoms with Gasteiger partial charge in [0.15, 0.2) is 5.13 Å². The number of benzene rings is 2. The molecular formula is C25H19ClN4O3S. The molecule has 2 aromatic heterocycles. The van der Waals surface area contributed by atoms with Crippen molar-refractivity contribution in [2.75, 3.05) is 9.80 Å². The van der Waals surface area contributed by atoms with E-state index in [4.69, 9.17) is 16.6 Å². The highest BCUT2D eigenvalue weighted by molar-refractivity contribution is 7.22. The van der Waals surface area contributed by atoms with Crippen LogP contribution in [0.2, 0.25) is 5.02 Å². The third kappa shape index (κ3) is 4.18. The number of rotatable bonds is 5. The molecule has 1 aliphatic heterocycles. The monoisotopic (exact) mass is 490 g/mol. The quantitative estimate of drug-likeness (QED) is 0.361. The van der Waals surface area contributed by atoms with E-state index < -0.39 is 0 Å². The standard InChI is InChI=1S/C25H19ClN4O3S/c1-15-10-18(26)12-20-23(15)28-25(34-20)29(14-16-4-3-9-27-13-16)24(33)17-5-2-6-19(11-17)30-21(31)7-8-22(30)32/h2-6,9-13H,7-8,14H2,1H3. The Morgan fingerprint density at radius 1 is 1.12 bits per heavy atom. The largest absolute Gasteiger partial charge is 0.279 e. The minimum atomic E-state index is -0.299. The summed E-state index contributed by atoms with van der Waals surface area (Å²) >= 11 is 7.61. The second kappa shape index (κ2) is 8.96. The predicted molar refractivity (Wildman–Crippen MR) is 132 cm³/mol. The molecule has 0 radical (unpaired) electrons. The van der Waals surface area contributed by atoms with E-state index in [0.717, 1.165) is 26.2 Å². The Morgan fingerprint density at radius 2 is 1.91 bits per heavy atom. The van der Waals surface area contributed by atoms with Crippen LogP contribution in [0.15, 0.2) is 60.9 Å². The number of nitrogens with zero attached hydrogens (tertiary/aromatic N) is 4. The number of carbonyl (C=O) groups is 3. The van der Waals surface area contributed by atoms with E-state index in [-0.39, 0.29) is 37.1 Å². The first-order valence-corrected chi connectivity index (χ1v) is 11.8. The van der Waals surface area contributed by atoms with Crippen molar-refractivity contribution in [3.8, 4) is 0 Å². The SMILES string of the molecule is Cc1cc(Cl)cc2sc(N(Cc3cccnc3)C(=O)c3cccc(N4C(=O)CCC4=O)c3)nc12. The molecule has 170 valence electrons. The summed E-state index contributed by atoms with van der Waals surface area (Å²) in [5, 5.41) is 1.13. The van der Waals surface area contributed by atoms with E-state index in [9.17, 15) is 14.4 Å². The van der Waals surface area contributed by atoms with E-state index in [1.54, 1.807) is 41.6 Å². The lowest BCUT2D eigenvalue weighted by Gasteiger charge is -2.21. The number of amides is 3. The van der Waals surface area contributed by atoms with Crippen molar-refractivity contribution in [1.29, 1.82) is 0 Å². The highest BCUT2D eigenvalue weighted by atomic mass is 35.5. The molecule has 0 N–H and O–H groups in total. The Balaban J connectivity index is 1.56. The molecule has 1 saturated heterocycles. The molecule has 1 aliphatic rings. The molecule has 7 nitrogen and oxygen atoms in total. The fourth-order valence-corrected chi connectivity index (χ4v) is 5.38. The molecule has 1 fully saturated rings. The van der Waals surface area contributed by atoms with Crippen LogP contribution in [0.25, 0.3) is 10.2 Å². The third-order valence-electron chi connectivity index (χ3n) is 5.58. The van der Waals surface area contributed by atoms with Gasteiger partial charge in [0.25, 0.3) is 5.91 Å². The predicted octanol–water partition coefficient (Wildman–Crippen LogP) is 5.15. The molecule has 0 saturated carbocycles. The van der Waals surface area contributed by atoms with Crippen LogP contribution in [0.5, 0.6) is 0 Å². The van der Waals surface area contributed by atoms with Gasteiger partial charge in [-0.1, -0.05) is 35.1 Å². The van der Waals surface area contributed by atoms with Crippen molar-refractivity contribution < 1.29 is 14.4 Å². The average molecular weight is 491 g/mol. The molecule has 4 aromatic rings. The van der Waals surface area contributed by atoms with Gasteiger partial charge in [0.05, 0.1) is 22.4 Å². The summed E-state index contributed by atoms with van der Waals surface area (Å²) in [5.41, 5.74) is 3.29. The van der Waals surface area contributed by atoms with Gasteiger partial charge < -0.3 is 0 Å². The number of hydrogen-bond acceptors (Lipinski definition) is 6. The maximum Gasteiger partial charge on any atom is 0.260 e. The van der Waals surface area contributed by atoms with E-state index in [1.807, 2.05) is 31.2 Å². The molecule has 34 heavy (non-hydrogen) atoms. The number of fused-ring (bicyclic) bond motifs is 1. The third-order valence-corrected chi connectivity index (χ3v) is 6.82. The van der Waals surface area contributed by atoms with E-state index in [2.05, 4.69) is 4.98 Å². The van der Waals surface area contributed by atoms with Crippen molar-refractivity contribution in [1.82, 2.24) is 9.97 Å². The van der Waals surface area contributed by atoms with Gasteiger partial charge in [0.2, 0.25) is 11.8 Å². The van der Waals surface area contributed by atoms with E-state index in [0.29, 0.717) is 21.4 Å². The average Bonchev–Trinajstić information content (AvgIpc) is 3.40. The molecule has 0 atom stereocenters. The van der Waals surface area contributed by atoms with Crippen LogP contribution in [0.4, 0.5) is 10.8 Å². The van der Waals surface area contributed by atoms with Crippen molar-refractivity contribution in [3.63, 3.8) is 0 Å². The number of pyridine rings is 1. The molecule has 0 unspecified atom stereocenters. The highest BCUT2D eigenvalue weighted by Crippen LogP contribution is 2.34. The molecule has 0 aliphatic carbocycles. The summed E-state index contributed by atoms with van der Waals surface area (Å²) in [7, 11) is 0. The first-order chi connectivity index (χ1) is 16.4. The van der Waals surface area contributed by atoms with Gasteiger partial charge in [-0.15, -0.1) is 0 Å². The van der Waals surface area contributed by atoms with Crippen molar-refractivity contribution in [2.24, 2.45) is 0 Å². The number of carbonyl (C=O) groups excluding carboxylic acids is 3. The number of aryl methyl sites for hydroxylation is 1. The van der Waals surface area contributed by atoms with E-state index in [1.165, 1.54) is 11.3 Å². The van der Waals surface area contributed by atoms with Crippen LogP contribution in [0, 0.1) is 6.92 Å². The molecular weight excluding hydrogens is 472 g/mol. The smallest absolute Gasteiger partial charge is 0.260 e. The molecule has 3 heterocycles. The topological polar surface area (TPSA) is 83.5 Å². The van der Waals surface area contributed by atoms with Crippen LogP contribution < -0.4 is 9.80 Å². The van der Waals surface area contributed by atoms with Crippen molar-refractivity contribution >= 4 is 61.7 Å². The molecule has 9 heteroatoms. The Morgan fingerprint density at radius 3 is 2.65 bits per heavy atom. The van der Waals surface area contributed by atoms with Crippen LogP contribution in [-0.4, -0.2) is 27.7 Å². The number of imide groups is 1. The summed E-state index contributed by atoms with van der Waals surface area (Å²) in [5.74, 6) is -0.826. The lowest BCUT2D eigenvalue weighted by atomic mass is 10.1. The second-order valence-electron chi connectivity index (χ2n) is 7.99. The lowest BCUT2D eigenvalue weighted by Crippen LogP contribution is -2.31. The zero-order valence-corrected chi connectivity index (χ0v) is 19.8. The summed E-state index contributed by atoms with van der Waals surface area (Å²) in [4.78, 5) is 49.8. The van der Waals surface area contributed by atoms with Gasteiger partial charge in [-0.3, -0.25) is 29.2 Å². The van der Waals surface area contributed by atoms with Gasteiger partial charge in [0.1, 0.15) is 0 Å². The molecule has 0 bridgehead atoms. The minimum Gasteiger partial charge on any atom is -0.279 e. The van der Waals surface area contributed by atoms with Crippen LogP contribution in [0.1, 0.15) is 34.3 Å². The maximum atomic E-state index is 13.8. The molecule has 2 aromatic carbocycles. The Kier molecular flexibility index (Phi) is 5.85. The normalized spacial score (nSPS) is 13.6. The summed E-state index contributed by atoms with van der Waals surface area (Å²) < 4.78 is 0.881. The first-order valence-electron chi connectivity index (χ1n) is 10.6. The van der Waals surface area contributed by atoms with Crippen LogP contribution >= 0.6 is 22.9 Å². The number of halogens is 1. The van der Waals surface area contributed by atoms with Gasteiger partial charge in [0, 0.05) is 35.8 Å². The molecule has 0 spiro atoms. The molecule has 5 rings (SSSR count). The zero-order valence-electron chi connectivity index (χ0n) is 18.2. The second-order valence-corrected chi connectivity index (χ2v) is 9.44. The Labute approximate surface area is 204 Å². The van der Waals surface area contributed by atoms with Gasteiger partial charge in [-0.2, -0.15) is 0 Å². The first kappa shape index (κ1) is 22.2. The van der Waals surface area contributed by atoms with Gasteiger partial charge >= 0.3 is 0 Å². The number of aromatic nitrogens is 2. The fourth-order valence-electron chi connectivity index (χ4n) is 3.96. The van der Waals surface area contributed by atoms with Crippen LogP contribution in [-0.2, 0) is 16.1 Å². The van der Waals surface area contributed by atoms with Crippen molar-refractivity contribution in [2.45, 2.75) is 26.3 Å². The highest BCUT2D eigenvalue weighted by Gasteiger charge is 2.31. The molecule has 3 amide bonds. The van der Waals surface area contributed by atoms with Crippen molar-refractivity contribution in [3.05, 3.63) is 82.6 Å².